The molecule has 0 aliphatic rings. The number of rotatable bonds is 2. The largest absolute Gasteiger partial charge is 0.361 e. The first-order valence-electron chi connectivity index (χ1n) is 3.83. The van der Waals surface area contributed by atoms with Crippen molar-refractivity contribution in [2.45, 2.75) is 13.8 Å². The van der Waals surface area contributed by atoms with Gasteiger partial charge in [0.25, 0.3) is 0 Å². The summed E-state index contributed by atoms with van der Waals surface area (Å²) in [5, 5.41) is 3.20. The fraction of sp³-hybridized carbons (Fsp3) is 0.200. The highest BCUT2D eigenvalue weighted by atomic mass is 127. The van der Waals surface area contributed by atoms with Crippen LogP contribution in [0.25, 0.3) is 0 Å². The van der Waals surface area contributed by atoms with Crippen LogP contribution in [-0.2, 0) is 0 Å². The summed E-state index contributed by atoms with van der Waals surface area (Å²) in [6.45, 7) is 4.21. The fourth-order valence-electron chi connectivity index (χ4n) is 1.10. The Bertz CT molecular complexity index is 292. The maximum absolute atomic E-state index is 3.20. The highest BCUT2D eigenvalue weighted by Crippen LogP contribution is 2.15. The Hall–Kier alpha value is -0.510. The lowest BCUT2D eigenvalue weighted by Gasteiger charge is -2.05. The van der Waals surface area contributed by atoms with E-state index < -0.39 is 0 Å². The van der Waals surface area contributed by atoms with Gasteiger partial charge in [-0.25, -0.2) is 0 Å². The van der Waals surface area contributed by atoms with Crippen molar-refractivity contribution >= 4 is 28.3 Å². The molecule has 0 spiro atoms. The Morgan fingerprint density at radius 2 is 2.08 bits per heavy atom. The van der Waals surface area contributed by atoms with Gasteiger partial charge in [-0.05, 0) is 29.6 Å². The summed E-state index contributed by atoms with van der Waals surface area (Å²) in [6.07, 6.45) is 1.93. The Morgan fingerprint density at radius 3 is 2.67 bits per heavy atom. The SMILES string of the molecule is Cc1ccc(N/C=C\I)c(C)c1. The second kappa shape index (κ2) is 4.50. The zero-order valence-electron chi connectivity index (χ0n) is 7.26. The maximum atomic E-state index is 3.20. The smallest absolute Gasteiger partial charge is 0.0409 e. The van der Waals surface area contributed by atoms with E-state index in [1.165, 1.54) is 16.8 Å². The van der Waals surface area contributed by atoms with Crippen molar-refractivity contribution < 1.29 is 0 Å². The topological polar surface area (TPSA) is 12.0 Å². The molecule has 0 radical (unpaired) electrons. The number of halogens is 1. The van der Waals surface area contributed by atoms with E-state index in [0.29, 0.717) is 0 Å². The van der Waals surface area contributed by atoms with Gasteiger partial charge in [0.1, 0.15) is 0 Å². The first-order chi connectivity index (χ1) is 5.74. The van der Waals surface area contributed by atoms with Crippen molar-refractivity contribution in [2.24, 2.45) is 0 Å². The molecule has 0 aliphatic heterocycles. The van der Waals surface area contributed by atoms with Crippen LogP contribution < -0.4 is 5.32 Å². The van der Waals surface area contributed by atoms with Crippen LogP contribution in [0.15, 0.2) is 28.5 Å². The van der Waals surface area contributed by atoms with E-state index in [0.717, 1.165) is 0 Å². The molecule has 12 heavy (non-hydrogen) atoms. The molecular formula is C10H12IN. The van der Waals surface area contributed by atoms with Crippen LogP contribution in [0.1, 0.15) is 11.1 Å². The molecule has 0 fully saturated rings. The summed E-state index contributed by atoms with van der Waals surface area (Å²) in [5.74, 6) is 0. The highest BCUT2D eigenvalue weighted by molar-refractivity contribution is 14.1. The van der Waals surface area contributed by atoms with Gasteiger partial charge in [0.2, 0.25) is 0 Å². The average Bonchev–Trinajstić information content (AvgIpc) is 2.03. The number of nitrogens with one attached hydrogen (secondary N) is 1. The van der Waals surface area contributed by atoms with Crippen LogP contribution in [0.4, 0.5) is 5.69 Å². The standard InChI is InChI=1S/C10H12IN/c1-8-3-4-10(9(2)7-8)12-6-5-11/h3-7,12H,1-2H3/b6-5-. The van der Waals surface area contributed by atoms with Crippen molar-refractivity contribution in [1.29, 1.82) is 0 Å². The lowest BCUT2D eigenvalue weighted by molar-refractivity contribution is 1.37. The van der Waals surface area contributed by atoms with E-state index >= 15 is 0 Å². The number of hydrogen-bond donors (Lipinski definition) is 1. The molecule has 1 aromatic carbocycles. The van der Waals surface area contributed by atoms with E-state index in [-0.39, 0.29) is 0 Å². The van der Waals surface area contributed by atoms with Crippen LogP contribution in [0.3, 0.4) is 0 Å². The minimum absolute atomic E-state index is 1.17. The van der Waals surface area contributed by atoms with Gasteiger partial charge in [-0.1, -0.05) is 40.3 Å². The first-order valence-corrected chi connectivity index (χ1v) is 5.07. The van der Waals surface area contributed by atoms with Gasteiger partial charge in [-0.2, -0.15) is 0 Å². The van der Waals surface area contributed by atoms with Gasteiger partial charge in [0.15, 0.2) is 0 Å². The molecule has 0 heterocycles. The third-order valence-corrected chi connectivity index (χ3v) is 2.04. The van der Waals surface area contributed by atoms with E-state index in [1.807, 2.05) is 10.3 Å². The fourth-order valence-corrected chi connectivity index (χ4v) is 1.28. The van der Waals surface area contributed by atoms with Crippen LogP contribution in [0.2, 0.25) is 0 Å². The summed E-state index contributed by atoms with van der Waals surface area (Å²) in [4.78, 5) is 0. The molecule has 2 heteroatoms. The Kier molecular flexibility index (Phi) is 3.59. The zero-order valence-corrected chi connectivity index (χ0v) is 9.42. The molecule has 0 aliphatic carbocycles. The number of aryl methyl sites for hydroxylation is 2. The summed E-state index contributed by atoms with van der Waals surface area (Å²) in [5.41, 5.74) is 3.76. The summed E-state index contributed by atoms with van der Waals surface area (Å²) in [6, 6.07) is 6.38. The van der Waals surface area contributed by atoms with E-state index in [2.05, 4.69) is 60.0 Å². The highest BCUT2D eigenvalue weighted by Gasteiger charge is 1.94. The molecule has 1 nitrogen and oxygen atoms in total. The summed E-state index contributed by atoms with van der Waals surface area (Å²) >= 11 is 2.19. The van der Waals surface area contributed by atoms with Gasteiger partial charge in [-0.15, -0.1) is 0 Å². The Balaban J connectivity index is 2.86. The van der Waals surface area contributed by atoms with Gasteiger partial charge in [0.05, 0.1) is 0 Å². The molecule has 0 amide bonds. The quantitative estimate of drug-likeness (QED) is 0.811. The van der Waals surface area contributed by atoms with E-state index in [9.17, 15) is 0 Å². The third-order valence-electron chi connectivity index (χ3n) is 1.68. The minimum atomic E-state index is 1.17. The Morgan fingerprint density at radius 1 is 1.33 bits per heavy atom. The number of anilines is 1. The minimum Gasteiger partial charge on any atom is -0.361 e. The molecule has 64 valence electrons. The van der Waals surface area contributed by atoms with Crippen LogP contribution in [0.5, 0.6) is 0 Å². The lowest BCUT2D eigenvalue weighted by atomic mass is 10.1. The van der Waals surface area contributed by atoms with Gasteiger partial charge in [0, 0.05) is 11.9 Å². The van der Waals surface area contributed by atoms with Gasteiger partial charge >= 0.3 is 0 Å². The monoisotopic (exact) mass is 273 g/mol. The second-order valence-electron chi connectivity index (χ2n) is 2.76. The molecule has 0 unspecified atom stereocenters. The molecule has 1 aromatic rings. The average molecular weight is 273 g/mol. The van der Waals surface area contributed by atoms with Crippen LogP contribution >= 0.6 is 22.6 Å². The first kappa shape index (κ1) is 9.58. The van der Waals surface area contributed by atoms with Crippen LogP contribution in [-0.4, -0.2) is 0 Å². The molecule has 0 atom stereocenters. The van der Waals surface area contributed by atoms with Crippen molar-refractivity contribution in [3.8, 4) is 0 Å². The maximum Gasteiger partial charge on any atom is 0.0409 e. The van der Waals surface area contributed by atoms with Gasteiger partial charge in [-0.3, -0.25) is 0 Å². The van der Waals surface area contributed by atoms with Crippen molar-refractivity contribution in [3.05, 3.63) is 39.6 Å². The molecular weight excluding hydrogens is 261 g/mol. The summed E-state index contributed by atoms with van der Waals surface area (Å²) < 4.78 is 1.96. The molecule has 1 N–H and O–H groups in total. The van der Waals surface area contributed by atoms with Crippen molar-refractivity contribution in [2.75, 3.05) is 5.32 Å². The Labute approximate surface area is 87.0 Å². The van der Waals surface area contributed by atoms with Crippen LogP contribution in [0, 0.1) is 13.8 Å². The normalized spacial score (nSPS) is 10.6. The number of hydrogen-bond acceptors (Lipinski definition) is 1. The van der Waals surface area contributed by atoms with Crippen molar-refractivity contribution in [1.82, 2.24) is 0 Å². The molecule has 0 bridgehead atoms. The van der Waals surface area contributed by atoms with Crippen molar-refractivity contribution in [3.63, 3.8) is 0 Å². The molecule has 1 rings (SSSR count). The van der Waals surface area contributed by atoms with E-state index in [1.54, 1.807) is 0 Å². The predicted molar refractivity (Wildman–Crippen MR) is 62.7 cm³/mol. The lowest BCUT2D eigenvalue weighted by Crippen LogP contribution is -1.90. The second-order valence-corrected chi connectivity index (χ2v) is 3.47. The third kappa shape index (κ3) is 2.52. The van der Waals surface area contributed by atoms with Gasteiger partial charge < -0.3 is 5.32 Å². The van der Waals surface area contributed by atoms with E-state index in [4.69, 9.17) is 0 Å². The number of benzene rings is 1. The molecule has 0 aromatic heterocycles. The molecule has 0 saturated heterocycles. The summed E-state index contributed by atoms with van der Waals surface area (Å²) in [7, 11) is 0. The molecule has 0 saturated carbocycles. The zero-order chi connectivity index (χ0) is 8.97. The predicted octanol–water partition coefficient (Wildman–Crippen LogP) is 3.62.